The van der Waals surface area contributed by atoms with Crippen molar-refractivity contribution in [1.29, 1.82) is 0 Å². The molecule has 1 unspecified atom stereocenters. The van der Waals surface area contributed by atoms with Gasteiger partial charge in [-0.05, 0) is 32.6 Å². The van der Waals surface area contributed by atoms with Crippen molar-refractivity contribution in [3.63, 3.8) is 0 Å². The van der Waals surface area contributed by atoms with E-state index in [4.69, 9.17) is 0 Å². The van der Waals surface area contributed by atoms with Crippen LogP contribution in [0.1, 0.15) is 63.5 Å². The first-order valence-electron chi connectivity index (χ1n) is 7.87. The van der Waals surface area contributed by atoms with E-state index in [1.165, 1.54) is 24.8 Å². The van der Waals surface area contributed by atoms with Crippen molar-refractivity contribution in [3.8, 4) is 0 Å². The van der Waals surface area contributed by atoms with E-state index >= 15 is 0 Å². The quantitative estimate of drug-likeness (QED) is 0.564. The van der Waals surface area contributed by atoms with E-state index in [1.807, 2.05) is 6.07 Å². The average molecular weight is 259 g/mol. The van der Waals surface area contributed by atoms with Crippen LogP contribution in [0.4, 0.5) is 0 Å². The Kier molecular flexibility index (Phi) is 3.64. The van der Waals surface area contributed by atoms with Crippen molar-refractivity contribution in [3.05, 3.63) is 41.1 Å². The molecule has 0 aromatic heterocycles. The number of benzene rings is 1. The van der Waals surface area contributed by atoms with Gasteiger partial charge in [0, 0.05) is 18.4 Å². The second-order valence-corrected chi connectivity index (χ2v) is 6.41. The Bertz CT molecular complexity index is 413. The molecule has 2 fully saturated rings. The lowest BCUT2D eigenvalue weighted by atomic mass is 9.91. The number of hydroxylamine groups is 3. The molecule has 3 rings (SSSR count). The van der Waals surface area contributed by atoms with Crippen LogP contribution in [0.5, 0.6) is 0 Å². The van der Waals surface area contributed by atoms with Crippen molar-refractivity contribution in [2.75, 3.05) is 0 Å². The molecule has 3 atom stereocenters. The van der Waals surface area contributed by atoms with Crippen LogP contribution in [0.3, 0.4) is 0 Å². The number of hydrogen-bond acceptors (Lipinski definition) is 1. The predicted molar refractivity (Wildman–Crippen MR) is 78.4 cm³/mol. The summed E-state index contributed by atoms with van der Waals surface area (Å²) >= 11 is 0. The van der Waals surface area contributed by atoms with Gasteiger partial charge in [0.2, 0.25) is 0 Å². The van der Waals surface area contributed by atoms with Crippen molar-refractivity contribution >= 4 is 0 Å². The summed E-state index contributed by atoms with van der Waals surface area (Å²) in [6.07, 6.45) is 8.24. The summed E-state index contributed by atoms with van der Waals surface area (Å²) in [5.41, 5.74) is 1.26. The second kappa shape index (κ2) is 5.26. The van der Waals surface area contributed by atoms with Gasteiger partial charge in [-0.2, -0.15) is 0 Å². The minimum absolute atomic E-state index is 0.0595. The van der Waals surface area contributed by atoms with Crippen LogP contribution in [0, 0.1) is 5.21 Å². The number of quaternary nitrogens is 1. The number of rotatable bonds is 2. The predicted octanol–water partition coefficient (Wildman–Crippen LogP) is 4.56. The standard InChI is InChI=1S/C17H25NO/c1-14-12-13-17(15-8-4-2-5-9-15)18(14,19)16-10-6-3-7-11-16/h2,4-5,8-9,14,16-17H,3,6-7,10-13H2,1H3/t14-,17+,18?/m1/s1. The molecular formula is C17H25NO. The molecule has 0 bridgehead atoms. The summed E-state index contributed by atoms with van der Waals surface area (Å²) in [5, 5.41) is 13.7. The molecule has 0 spiro atoms. The molecule has 1 saturated carbocycles. The second-order valence-electron chi connectivity index (χ2n) is 6.41. The molecule has 1 aromatic carbocycles. The SMILES string of the molecule is C[C@@H]1CC[C@@H](c2ccccc2)[N+]1([O-])C1CCCCC1. The lowest BCUT2D eigenvalue weighted by Crippen LogP contribution is -2.54. The van der Waals surface area contributed by atoms with E-state index in [9.17, 15) is 5.21 Å². The highest BCUT2D eigenvalue weighted by atomic mass is 16.6. The zero-order valence-electron chi connectivity index (χ0n) is 11.9. The zero-order valence-corrected chi connectivity index (χ0v) is 11.9. The number of hydrogen-bond donors (Lipinski definition) is 0. The fourth-order valence-corrected chi connectivity index (χ4v) is 4.28. The molecule has 0 radical (unpaired) electrons. The first-order valence-corrected chi connectivity index (χ1v) is 7.87. The van der Waals surface area contributed by atoms with E-state index in [2.05, 4.69) is 31.2 Å². The van der Waals surface area contributed by atoms with Gasteiger partial charge < -0.3 is 9.85 Å². The Hall–Kier alpha value is -0.860. The smallest absolute Gasteiger partial charge is 0.115 e. The molecular weight excluding hydrogens is 234 g/mol. The number of likely N-dealkylation sites (tertiary alicyclic amines) is 1. The van der Waals surface area contributed by atoms with Crippen LogP contribution in [0.2, 0.25) is 0 Å². The summed E-state index contributed by atoms with van der Waals surface area (Å²) in [5.74, 6) is 0. The summed E-state index contributed by atoms with van der Waals surface area (Å²) in [7, 11) is 0. The normalized spacial score (nSPS) is 36.5. The third-order valence-corrected chi connectivity index (χ3v) is 5.36. The maximum Gasteiger partial charge on any atom is 0.115 e. The molecule has 1 aliphatic heterocycles. The molecule has 19 heavy (non-hydrogen) atoms. The molecule has 1 saturated heterocycles. The van der Waals surface area contributed by atoms with Gasteiger partial charge in [-0.25, -0.2) is 0 Å². The molecule has 0 amide bonds. The third-order valence-electron chi connectivity index (χ3n) is 5.36. The van der Waals surface area contributed by atoms with Crippen molar-refractivity contribution in [2.24, 2.45) is 0 Å². The van der Waals surface area contributed by atoms with Crippen LogP contribution in [0.25, 0.3) is 0 Å². The molecule has 1 heterocycles. The monoisotopic (exact) mass is 259 g/mol. The first-order chi connectivity index (χ1) is 9.23. The fraction of sp³-hybridized carbons (Fsp3) is 0.647. The Morgan fingerprint density at radius 1 is 0.947 bits per heavy atom. The van der Waals surface area contributed by atoms with Crippen LogP contribution >= 0.6 is 0 Å². The van der Waals surface area contributed by atoms with Gasteiger partial charge in [0.25, 0.3) is 0 Å². The summed E-state index contributed by atoms with van der Waals surface area (Å²) in [4.78, 5) is 0. The van der Waals surface area contributed by atoms with Gasteiger partial charge in [-0.1, -0.05) is 36.8 Å². The highest BCUT2D eigenvalue weighted by molar-refractivity contribution is 5.18. The van der Waals surface area contributed by atoms with E-state index in [-0.39, 0.29) is 16.7 Å². The maximum atomic E-state index is 13.7. The minimum Gasteiger partial charge on any atom is -0.632 e. The summed E-state index contributed by atoms with van der Waals surface area (Å²) < 4.78 is 0.0595. The lowest BCUT2D eigenvalue weighted by Gasteiger charge is -2.54. The minimum atomic E-state index is 0.0595. The molecule has 2 heteroatoms. The Balaban J connectivity index is 1.91. The van der Waals surface area contributed by atoms with E-state index < -0.39 is 0 Å². The van der Waals surface area contributed by atoms with Gasteiger partial charge >= 0.3 is 0 Å². The molecule has 2 nitrogen and oxygen atoms in total. The van der Waals surface area contributed by atoms with E-state index in [0.717, 1.165) is 25.7 Å². The third kappa shape index (κ3) is 2.21. The van der Waals surface area contributed by atoms with Gasteiger partial charge in [0.15, 0.2) is 0 Å². The van der Waals surface area contributed by atoms with Crippen molar-refractivity contribution in [1.82, 2.24) is 0 Å². The van der Waals surface area contributed by atoms with E-state index in [1.54, 1.807) is 0 Å². The zero-order chi connectivity index (χ0) is 13.3. The average Bonchev–Trinajstić information content (AvgIpc) is 2.78. The topological polar surface area (TPSA) is 23.1 Å². The Morgan fingerprint density at radius 2 is 1.63 bits per heavy atom. The van der Waals surface area contributed by atoms with Crippen LogP contribution in [-0.4, -0.2) is 16.7 Å². The lowest BCUT2D eigenvalue weighted by molar-refractivity contribution is -0.944. The summed E-state index contributed by atoms with van der Waals surface area (Å²) in [6, 6.07) is 11.3. The van der Waals surface area contributed by atoms with Crippen molar-refractivity contribution < 1.29 is 4.65 Å². The Morgan fingerprint density at radius 3 is 2.32 bits per heavy atom. The van der Waals surface area contributed by atoms with Crippen LogP contribution < -0.4 is 0 Å². The van der Waals surface area contributed by atoms with Crippen LogP contribution in [0.15, 0.2) is 30.3 Å². The van der Waals surface area contributed by atoms with E-state index in [0.29, 0.717) is 6.04 Å². The maximum absolute atomic E-state index is 13.7. The Labute approximate surface area is 116 Å². The van der Waals surface area contributed by atoms with Gasteiger partial charge in [0.1, 0.15) is 6.04 Å². The van der Waals surface area contributed by atoms with Crippen molar-refractivity contribution in [2.45, 2.75) is 70.0 Å². The number of nitrogens with zero attached hydrogens (tertiary/aromatic N) is 1. The fourth-order valence-electron chi connectivity index (χ4n) is 4.28. The van der Waals surface area contributed by atoms with Gasteiger partial charge in [0.05, 0.1) is 12.1 Å². The highest BCUT2D eigenvalue weighted by Crippen LogP contribution is 2.47. The van der Waals surface area contributed by atoms with Gasteiger partial charge in [-0.15, -0.1) is 0 Å². The molecule has 0 N–H and O–H groups in total. The molecule has 1 aliphatic carbocycles. The largest absolute Gasteiger partial charge is 0.632 e. The highest BCUT2D eigenvalue weighted by Gasteiger charge is 2.46. The molecule has 2 aliphatic rings. The molecule has 104 valence electrons. The molecule has 1 aromatic rings. The summed E-state index contributed by atoms with van der Waals surface area (Å²) in [6.45, 7) is 2.17. The first kappa shape index (κ1) is 13.1. The van der Waals surface area contributed by atoms with Crippen LogP contribution in [-0.2, 0) is 0 Å². The van der Waals surface area contributed by atoms with Gasteiger partial charge in [-0.3, -0.25) is 0 Å².